The van der Waals surface area contributed by atoms with Crippen molar-refractivity contribution in [3.05, 3.63) is 11.6 Å². The van der Waals surface area contributed by atoms with Gasteiger partial charge in [0.1, 0.15) is 5.82 Å². The van der Waals surface area contributed by atoms with Crippen LogP contribution < -0.4 is 5.73 Å². The third-order valence-corrected chi connectivity index (χ3v) is 1.75. The summed E-state index contributed by atoms with van der Waals surface area (Å²) in [5.41, 5.74) is 5.43. The molecule has 0 saturated carbocycles. The maximum absolute atomic E-state index is 5.43. The van der Waals surface area contributed by atoms with Crippen molar-refractivity contribution in [1.29, 1.82) is 0 Å². The highest BCUT2D eigenvalue weighted by Gasteiger charge is 2.08. The Balaban J connectivity index is 2.85. The number of hydrogen-bond acceptors (Lipinski definition) is 3. The van der Waals surface area contributed by atoms with Gasteiger partial charge in [-0.05, 0) is 6.54 Å². The molecule has 4 heteroatoms. The topological polar surface area (TPSA) is 56.7 Å². The quantitative estimate of drug-likeness (QED) is 0.712. The van der Waals surface area contributed by atoms with Gasteiger partial charge in [0.15, 0.2) is 5.82 Å². The van der Waals surface area contributed by atoms with Crippen molar-refractivity contribution in [2.24, 2.45) is 12.8 Å². The molecule has 12 heavy (non-hydrogen) atoms. The summed E-state index contributed by atoms with van der Waals surface area (Å²) in [5, 5.41) is 4.28. The molecule has 0 unspecified atom stereocenters. The standard InChI is InChI=1S/C8H16N4/c1-6(2)8-10-7(4-5-9)12(3)11-8/h6H,4-5,9H2,1-3H3. The van der Waals surface area contributed by atoms with Gasteiger partial charge in [0.2, 0.25) is 0 Å². The van der Waals surface area contributed by atoms with Gasteiger partial charge in [0, 0.05) is 19.4 Å². The van der Waals surface area contributed by atoms with E-state index in [2.05, 4.69) is 23.9 Å². The van der Waals surface area contributed by atoms with Gasteiger partial charge in [-0.3, -0.25) is 4.68 Å². The van der Waals surface area contributed by atoms with Crippen molar-refractivity contribution in [2.75, 3.05) is 6.54 Å². The zero-order valence-corrected chi connectivity index (χ0v) is 7.91. The molecule has 0 aliphatic heterocycles. The first-order valence-corrected chi connectivity index (χ1v) is 4.25. The van der Waals surface area contributed by atoms with Crippen molar-refractivity contribution in [2.45, 2.75) is 26.2 Å². The number of aromatic nitrogens is 3. The Morgan fingerprint density at radius 1 is 1.50 bits per heavy atom. The molecule has 2 N–H and O–H groups in total. The van der Waals surface area contributed by atoms with Crippen LogP contribution in [0.25, 0.3) is 0 Å². The van der Waals surface area contributed by atoms with E-state index in [1.165, 1.54) is 0 Å². The summed E-state index contributed by atoms with van der Waals surface area (Å²) in [7, 11) is 1.91. The smallest absolute Gasteiger partial charge is 0.153 e. The molecule has 0 aliphatic carbocycles. The Morgan fingerprint density at radius 3 is 2.58 bits per heavy atom. The van der Waals surface area contributed by atoms with Gasteiger partial charge >= 0.3 is 0 Å². The van der Waals surface area contributed by atoms with E-state index in [0.29, 0.717) is 12.5 Å². The molecule has 1 aromatic heterocycles. The average Bonchev–Trinajstić information content (AvgIpc) is 2.34. The summed E-state index contributed by atoms with van der Waals surface area (Å²) in [5.74, 6) is 2.27. The number of hydrogen-bond donors (Lipinski definition) is 1. The summed E-state index contributed by atoms with van der Waals surface area (Å²) in [6, 6.07) is 0. The van der Waals surface area contributed by atoms with Crippen LogP contribution >= 0.6 is 0 Å². The van der Waals surface area contributed by atoms with Crippen LogP contribution in [-0.4, -0.2) is 21.3 Å². The van der Waals surface area contributed by atoms with Crippen molar-refractivity contribution in [3.8, 4) is 0 Å². The maximum Gasteiger partial charge on any atom is 0.153 e. The zero-order valence-electron chi connectivity index (χ0n) is 7.91. The summed E-state index contributed by atoms with van der Waals surface area (Å²) in [6.45, 7) is 4.80. The van der Waals surface area contributed by atoms with E-state index >= 15 is 0 Å². The highest BCUT2D eigenvalue weighted by molar-refractivity contribution is 4.96. The molecule has 0 atom stereocenters. The van der Waals surface area contributed by atoms with E-state index in [9.17, 15) is 0 Å². The largest absolute Gasteiger partial charge is 0.330 e. The minimum absolute atomic E-state index is 0.391. The highest BCUT2D eigenvalue weighted by Crippen LogP contribution is 2.08. The molecular formula is C8H16N4. The minimum Gasteiger partial charge on any atom is -0.330 e. The summed E-state index contributed by atoms with van der Waals surface area (Å²) < 4.78 is 1.81. The molecule has 0 aromatic carbocycles. The Labute approximate surface area is 72.8 Å². The van der Waals surface area contributed by atoms with Crippen LogP contribution in [0.4, 0.5) is 0 Å². The second kappa shape index (κ2) is 3.67. The van der Waals surface area contributed by atoms with Crippen molar-refractivity contribution in [3.63, 3.8) is 0 Å². The van der Waals surface area contributed by atoms with Crippen molar-refractivity contribution in [1.82, 2.24) is 14.8 Å². The van der Waals surface area contributed by atoms with Gasteiger partial charge in [-0.1, -0.05) is 13.8 Å². The van der Waals surface area contributed by atoms with Crippen LogP contribution in [0.1, 0.15) is 31.4 Å². The van der Waals surface area contributed by atoms with Crippen LogP contribution in [0.15, 0.2) is 0 Å². The van der Waals surface area contributed by atoms with Crippen LogP contribution in [0.5, 0.6) is 0 Å². The van der Waals surface area contributed by atoms with E-state index in [0.717, 1.165) is 18.1 Å². The summed E-state index contributed by atoms with van der Waals surface area (Å²) in [6.07, 6.45) is 0.802. The molecule has 1 aromatic rings. The monoisotopic (exact) mass is 168 g/mol. The van der Waals surface area contributed by atoms with Gasteiger partial charge < -0.3 is 5.73 Å². The zero-order chi connectivity index (χ0) is 9.14. The van der Waals surface area contributed by atoms with Gasteiger partial charge in [-0.15, -0.1) is 0 Å². The van der Waals surface area contributed by atoms with E-state index in [-0.39, 0.29) is 0 Å². The lowest BCUT2D eigenvalue weighted by Gasteiger charge is -1.93. The third-order valence-electron chi connectivity index (χ3n) is 1.75. The fraction of sp³-hybridized carbons (Fsp3) is 0.750. The van der Waals surface area contributed by atoms with Gasteiger partial charge in [-0.25, -0.2) is 4.98 Å². The normalized spacial score (nSPS) is 11.1. The van der Waals surface area contributed by atoms with Crippen molar-refractivity contribution >= 4 is 0 Å². The molecule has 0 spiro atoms. The van der Waals surface area contributed by atoms with Crippen LogP contribution in [-0.2, 0) is 13.5 Å². The minimum atomic E-state index is 0.391. The highest BCUT2D eigenvalue weighted by atomic mass is 15.3. The fourth-order valence-corrected chi connectivity index (χ4v) is 1.03. The van der Waals surface area contributed by atoms with Gasteiger partial charge in [0.25, 0.3) is 0 Å². The van der Waals surface area contributed by atoms with Crippen LogP contribution in [0.2, 0.25) is 0 Å². The van der Waals surface area contributed by atoms with E-state index in [1.54, 1.807) is 0 Å². The summed E-state index contributed by atoms with van der Waals surface area (Å²) in [4.78, 5) is 4.37. The molecule has 0 amide bonds. The van der Waals surface area contributed by atoms with Gasteiger partial charge in [-0.2, -0.15) is 5.10 Å². The molecule has 0 radical (unpaired) electrons. The Hall–Kier alpha value is -0.900. The molecule has 0 aliphatic rings. The molecule has 4 nitrogen and oxygen atoms in total. The third kappa shape index (κ3) is 1.82. The predicted octanol–water partition coefficient (Wildman–Crippen LogP) is 0.440. The van der Waals surface area contributed by atoms with E-state index < -0.39 is 0 Å². The molecule has 1 heterocycles. The molecular weight excluding hydrogens is 152 g/mol. The second-order valence-corrected chi connectivity index (χ2v) is 3.20. The summed E-state index contributed by atoms with van der Waals surface area (Å²) >= 11 is 0. The lowest BCUT2D eigenvalue weighted by atomic mass is 10.2. The first-order chi connectivity index (χ1) is 5.65. The average molecular weight is 168 g/mol. The first kappa shape index (κ1) is 9.19. The second-order valence-electron chi connectivity index (χ2n) is 3.20. The number of aryl methyl sites for hydroxylation is 1. The van der Waals surface area contributed by atoms with Crippen molar-refractivity contribution < 1.29 is 0 Å². The molecule has 0 bridgehead atoms. The SMILES string of the molecule is CC(C)c1nc(CCN)n(C)n1. The maximum atomic E-state index is 5.43. The molecule has 68 valence electrons. The lowest BCUT2D eigenvalue weighted by Crippen LogP contribution is -2.08. The molecule has 1 rings (SSSR count). The number of nitrogens with zero attached hydrogens (tertiary/aromatic N) is 3. The predicted molar refractivity (Wildman–Crippen MR) is 47.9 cm³/mol. The number of nitrogens with two attached hydrogens (primary N) is 1. The van der Waals surface area contributed by atoms with E-state index in [4.69, 9.17) is 5.73 Å². The Bertz CT molecular complexity index is 252. The molecule has 0 saturated heterocycles. The first-order valence-electron chi connectivity index (χ1n) is 4.25. The molecule has 0 fully saturated rings. The van der Waals surface area contributed by atoms with Gasteiger partial charge in [0.05, 0.1) is 0 Å². The Morgan fingerprint density at radius 2 is 2.17 bits per heavy atom. The Kier molecular flexibility index (Phi) is 2.81. The van der Waals surface area contributed by atoms with Crippen LogP contribution in [0.3, 0.4) is 0 Å². The van der Waals surface area contributed by atoms with Crippen LogP contribution in [0, 0.1) is 0 Å². The lowest BCUT2D eigenvalue weighted by molar-refractivity contribution is 0.678. The van der Waals surface area contributed by atoms with E-state index in [1.807, 2.05) is 11.7 Å². The number of rotatable bonds is 3. The fourth-order valence-electron chi connectivity index (χ4n) is 1.03.